The second-order valence-electron chi connectivity index (χ2n) is 4.13. The summed E-state index contributed by atoms with van der Waals surface area (Å²) in [4.78, 5) is 8.62. The Hall–Kier alpha value is -1.35. The molecule has 3 nitrogen and oxygen atoms in total. The highest BCUT2D eigenvalue weighted by molar-refractivity contribution is 6.34. The molecule has 16 heavy (non-hydrogen) atoms. The van der Waals surface area contributed by atoms with Crippen LogP contribution in [0.5, 0.6) is 0 Å². The topological polar surface area (TPSA) is 37.8 Å². The first-order valence-corrected chi connectivity index (χ1v) is 5.71. The number of benzene rings is 1. The number of hydrogen-bond donors (Lipinski definition) is 1. The highest BCUT2D eigenvalue weighted by Gasteiger charge is 2.05. The minimum atomic E-state index is 0.497. The third-order valence-electron chi connectivity index (χ3n) is 2.23. The zero-order valence-electron chi connectivity index (χ0n) is 9.37. The molecule has 0 saturated carbocycles. The first-order valence-electron chi connectivity index (χ1n) is 5.33. The minimum Gasteiger partial charge on any atom is -0.354 e. The van der Waals surface area contributed by atoms with Gasteiger partial charge in [-0.1, -0.05) is 37.6 Å². The molecule has 0 radical (unpaired) electrons. The molecule has 0 fully saturated rings. The number of para-hydroxylation sites is 1. The van der Waals surface area contributed by atoms with E-state index in [0.717, 1.165) is 17.4 Å². The molecular formula is C12H14ClN3. The van der Waals surface area contributed by atoms with Gasteiger partial charge in [0.05, 0.1) is 5.52 Å². The molecule has 1 aromatic carbocycles. The smallest absolute Gasteiger partial charge is 0.224 e. The van der Waals surface area contributed by atoms with Gasteiger partial charge >= 0.3 is 0 Å². The molecule has 0 saturated heterocycles. The van der Waals surface area contributed by atoms with E-state index < -0.39 is 0 Å². The van der Waals surface area contributed by atoms with E-state index in [1.54, 1.807) is 0 Å². The molecule has 2 rings (SSSR count). The van der Waals surface area contributed by atoms with Crippen molar-refractivity contribution in [3.8, 4) is 0 Å². The van der Waals surface area contributed by atoms with Gasteiger partial charge in [-0.2, -0.15) is 0 Å². The highest BCUT2D eigenvalue weighted by atomic mass is 35.5. The van der Waals surface area contributed by atoms with Crippen molar-refractivity contribution in [2.45, 2.75) is 13.8 Å². The first-order chi connectivity index (χ1) is 7.66. The van der Waals surface area contributed by atoms with Gasteiger partial charge in [-0.05, 0) is 18.1 Å². The molecule has 4 heteroatoms. The molecule has 0 aliphatic heterocycles. The fourth-order valence-corrected chi connectivity index (χ4v) is 1.65. The monoisotopic (exact) mass is 235 g/mol. The third-order valence-corrected chi connectivity index (χ3v) is 2.51. The second kappa shape index (κ2) is 4.66. The van der Waals surface area contributed by atoms with E-state index in [-0.39, 0.29) is 0 Å². The average molecular weight is 236 g/mol. The van der Waals surface area contributed by atoms with Gasteiger partial charge in [-0.25, -0.2) is 9.97 Å². The number of rotatable bonds is 3. The summed E-state index contributed by atoms with van der Waals surface area (Å²) >= 11 is 6.09. The Morgan fingerprint density at radius 3 is 2.75 bits per heavy atom. The van der Waals surface area contributed by atoms with Crippen molar-refractivity contribution in [1.82, 2.24) is 9.97 Å². The van der Waals surface area contributed by atoms with Crippen LogP contribution in [-0.4, -0.2) is 16.5 Å². The average Bonchev–Trinajstić information content (AvgIpc) is 2.26. The van der Waals surface area contributed by atoms with Crippen LogP contribution in [0.2, 0.25) is 5.15 Å². The predicted octanol–water partition coefficient (Wildman–Crippen LogP) is 3.35. The predicted molar refractivity (Wildman–Crippen MR) is 67.9 cm³/mol. The lowest BCUT2D eigenvalue weighted by Crippen LogP contribution is -2.10. The van der Waals surface area contributed by atoms with Crippen molar-refractivity contribution < 1.29 is 0 Å². The summed E-state index contributed by atoms with van der Waals surface area (Å²) in [7, 11) is 0. The zero-order valence-corrected chi connectivity index (χ0v) is 10.1. The summed E-state index contributed by atoms with van der Waals surface area (Å²) in [6.45, 7) is 5.11. The van der Waals surface area contributed by atoms with E-state index in [1.165, 1.54) is 0 Å². The van der Waals surface area contributed by atoms with Gasteiger partial charge in [0.2, 0.25) is 5.95 Å². The van der Waals surface area contributed by atoms with E-state index in [2.05, 4.69) is 29.1 Å². The molecule has 0 amide bonds. The Labute approximate surface area is 99.9 Å². The molecule has 0 spiro atoms. The number of aromatic nitrogens is 2. The number of nitrogens with zero attached hydrogens (tertiary/aromatic N) is 2. The van der Waals surface area contributed by atoms with Gasteiger partial charge in [-0.3, -0.25) is 0 Å². The van der Waals surface area contributed by atoms with Crippen molar-refractivity contribution in [3.05, 3.63) is 29.4 Å². The molecule has 84 valence electrons. The number of hydrogen-bond acceptors (Lipinski definition) is 3. The fourth-order valence-electron chi connectivity index (χ4n) is 1.41. The van der Waals surface area contributed by atoms with Crippen molar-refractivity contribution in [3.63, 3.8) is 0 Å². The second-order valence-corrected chi connectivity index (χ2v) is 4.49. The summed E-state index contributed by atoms with van der Waals surface area (Å²) in [5.74, 6) is 1.14. The van der Waals surface area contributed by atoms with Crippen molar-refractivity contribution >= 4 is 28.5 Å². The summed E-state index contributed by atoms with van der Waals surface area (Å²) < 4.78 is 0. The quantitative estimate of drug-likeness (QED) is 0.830. The third kappa shape index (κ3) is 2.42. The van der Waals surface area contributed by atoms with Gasteiger partial charge in [0, 0.05) is 11.9 Å². The molecule has 1 aromatic heterocycles. The summed E-state index contributed by atoms with van der Waals surface area (Å²) in [5, 5.41) is 4.56. The Morgan fingerprint density at radius 2 is 2.00 bits per heavy atom. The standard InChI is InChI=1S/C12H14ClN3/c1-8(2)7-14-12-15-10-6-4-3-5-9(10)11(13)16-12/h3-6,8H,7H2,1-2H3,(H,14,15,16). The minimum absolute atomic E-state index is 0.497. The number of anilines is 1. The highest BCUT2D eigenvalue weighted by Crippen LogP contribution is 2.21. The van der Waals surface area contributed by atoms with Crippen LogP contribution in [0.15, 0.2) is 24.3 Å². The maximum absolute atomic E-state index is 6.09. The fraction of sp³-hybridized carbons (Fsp3) is 0.333. The molecule has 0 atom stereocenters. The van der Waals surface area contributed by atoms with Crippen LogP contribution in [0.3, 0.4) is 0 Å². The van der Waals surface area contributed by atoms with Crippen LogP contribution in [0.25, 0.3) is 10.9 Å². The van der Waals surface area contributed by atoms with Crippen LogP contribution in [0.1, 0.15) is 13.8 Å². The number of nitrogens with one attached hydrogen (secondary N) is 1. The number of fused-ring (bicyclic) bond motifs is 1. The maximum atomic E-state index is 6.09. The van der Waals surface area contributed by atoms with Crippen molar-refractivity contribution in [2.24, 2.45) is 5.92 Å². The molecule has 0 unspecified atom stereocenters. The van der Waals surface area contributed by atoms with E-state index in [0.29, 0.717) is 17.0 Å². The summed E-state index contributed by atoms with van der Waals surface area (Å²) in [5.41, 5.74) is 0.869. The molecule has 0 bridgehead atoms. The lowest BCUT2D eigenvalue weighted by atomic mass is 10.2. The van der Waals surface area contributed by atoms with Crippen LogP contribution in [-0.2, 0) is 0 Å². The Balaban J connectivity index is 2.34. The van der Waals surface area contributed by atoms with Gasteiger partial charge in [0.15, 0.2) is 0 Å². The van der Waals surface area contributed by atoms with Gasteiger partial charge < -0.3 is 5.32 Å². The van der Waals surface area contributed by atoms with Gasteiger partial charge in [-0.15, -0.1) is 0 Å². The van der Waals surface area contributed by atoms with Crippen LogP contribution in [0, 0.1) is 5.92 Å². The zero-order chi connectivity index (χ0) is 11.5. The van der Waals surface area contributed by atoms with Gasteiger partial charge in [0.1, 0.15) is 5.15 Å². The molecule has 0 aliphatic rings. The summed E-state index contributed by atoms with van der Waals surface area (Å²) in [6.07, 6.45) is 0. The maximum Gasteiger partial charge on any atom is 0.224 e. The lowest BCUT2D eigenvalue weighted by Gasteiger charge is -2.08. The van der Waals surface area contributed by atoms with Crippen molar-refractivity contribution in [1.29, 1.82) is 0 Å². The first kappa shape index (κ1) is 11.1. The Morgan fingerprint density at radius 1 is 1.25 bits per heavy atom. The Kier molecular flexibility index (Phi) is 3.25. The van der Waals surface area contributed by atoms with E-state index in [1.807, 2.05) is 24.3 Å². The van der Waals surface area contributed by atoms with Crippen LogP contribution < -0.4 is 5.32 Å². The van der Waals surface area contributed by atoms with Crippen LogP contribution in [0.4, 0.5) is 5.95 Å². The van der Waals surface area contributed by atoms with E-state index >= 15 is 0 Å². The summed E-state index contributed by atoms with van der Waals surface area (Å²) in [6, 6.07) is 7.73. The molecule has 1 heterocycles. The molecular weight excluding hydrogens is 222 g/mol. The largest absolute Gasteiger partial charge is 0.354 e. The lowest BCUT2D eigenvalue weighted by molar-refractivity contribution is 0.685. The number of halogens is 1. The van der Waals surface area contributed by atoms with Crippen molar-refractivity contribution in [2.75, 3.05) is 11.9 Å². The van der Waals surface area contributed by atoms with Crippen LogP contribution >= 0.6 is 11.6 Å². The van der Waals surface area contributed by atoms with Gasteiger partial charge in [0.25, 0.3) is 0 Å². The molecule has 2 aromatic rings. The Bertz CT molecular complexity index is 497. The normalized spacial score (nSPS) is 11.0. The molecule has 1 N–H and O–H groups in total. The van der Waals surface area contributed by atoms with E-state index in [9.17, 15) is 0 Å². The molecule has 0 aliphatic carbocycles. The van der Waals surface area contributed by atoms with E-state index in [4.69, 9.17) is 11.6 Å². The SMILES string of the molecule is CC(C)CNc1nc(Cl)c2ccccc2n1.